The predicted molar refractivity (Wildman–Crippen MR) is 75.9 cm³/mol. The van der Waals surface area contributed by atoms with Gasteiger partial charge in [0.2, 0.25) is 0 Å². The van der Waals surface area contributed by atoms with Crippen LogP contribution in [-0.2, 0) is 10.2 Å². The van der Waals surface area contributed by atoms with Gasteiger partial charge in [0.05, 0.1) is 12.2 Å². The number of carboxylic acid groups (broad SMARTS) is 1. The average Bonchev–Trinajstić information content (AvgIpc) is 2.38. The van der Waals surface area contributed by atoms with Gasteiger partial charge < -0.3 is 14.9 Å². The second-order valence-electron chi connectivity index (χ2n) is 6.17. The SMILES string of the molecule is CC(C)C(C)(O)CC1(C(=O)O)CCOc2ccccc21. The van der Waals surface area contributed by atoms with Gasteiger partial charge in [0.15, 0.2) is 0 Å². The van der Waals surface area contributed by atoms with E-state index in [2.05, 4.69) is 0 Å². The van der Waals surface area contributed by atoms with E-state index in [-0.39, 0.29) is 12.3 Å². The van der Waals surface area contributed by atoms with Crippen LogP contribution in [0.1, 0.15) is 39.2 Å². The maximum Gasteiger partial charge on any atom is 0.314 e. The highest BCUT2D eigenvalue weighted by molar-refractivity contribution is 5.83. The van der Waals surface area contributed by atoms with E-state index < -0.39 is 17.0 Å². The van der Waals surface area contributed by atoms with E-state index in [1.54, 1.807) is 19.1 Å². The van der Waals surface area contributed by atoms with Crippen molar-refractivity contribution in [2.75, 3.05) is 6.61 Å². The summed E-state index contributed by atoms with van der Waals surface area (Å²) in [5.74, 6) is -0.302. The van der Waals surface area contributed by atoms with E-state index in [1.165, 1.54) is 0 Å². The zero-order valence-corrected chi connectivity index (χ0v) is 12.2. The van der Waals surface area contributed by atoms with Crippen molar-refractivity contribution in [3.63, 3.8) is 0 Å². The summed E-state index contributed by atoms with van der Waals surface area (Å²) in [6, 6.07) is 7.22. The zero-order valence-electron chi connectivity index (χ0n) is 12.2. The molecule has 0 radical (unpaired) electrons. The molecule has 0 aliphatic carbocycles. The number of hydrogen-bond donors (Lipinski definition) is 2. The van der Waals surface area contributed by atoms with E-state index >= 15 is 0 Å². The first-order valence-corrected chi connectivity index (χ1v) is 6.98. The van der Waals surface area contributed by atoms with Gasteiger partial charge >= 0.3 is 5.97 Å². The summed E-state index contributed by atoms with van der Waals surface area (Å²) in [4.78, 5) is 12.0. The van der Waals surface area contributed by atoms with Gasteiger partial charge in [-0.3, -0.25) is 4.79 Å². The molecule has 0 fully saturated rings. The monoisotopic (exact) mass is 278 g/mol. The van der Waals surface area contributed by atoms with Crippen molar-refractivity contribution in [3.8, 4) is 5.75 Å². The summed E-state index contributed by atoms with van der Waals surface area (Å²) in [6.07, 6.45) is 0.565. The number of carbonyl (C=O) groups is 1. The van der Waals surface area contributed by atoms with E-state index in [4.69, 9.17) is 4.74 Å². The minimum Gasteiger partial charge on any atom is -0.493 e. The summed E-state index contributed by atoms with van der Waals surface area (Å²) in [5.41, 5.74) is -1.45. The summed E-state index contributed by atoms with van der Waals surface area (Å²) in [5, 5.41) is 20.4. The Morgan fingerprint density at radius 2 is 2.10 bits per heavy atom. The van der Waals surface area contributed by atoms with Crippen LogP contribution in [0.4, 0.5) is 0 Å². The number of aliphatic carboxylic acids is 1. The number of benzene rings is 1. The Bertz CT molecular complexity index is 507. The molecule has 2 atom stereocenters. The lowest BCUT2D eigenvalue weighted by molar-refractivity contribution is -0.149. The molecule has 4 heteroatoms. The summed E-state index contributed by atoms with van der Waals surface area (Å²) >= 11 is 0. The van der Waals surface area contributed by atoms with Gasteiger partial charge in [-0.25, -0.2) is 0 Å². The third kappa shape index (κ3) is 2.40. The quantitative estimate of drug-likeness (QED) is 0.888. The normalized spacial score (nSPS) is 24.6. The van der Waals surface area contributed by atoms with Crippen molar-refractivity contribution in [2.24, 2.45) is 5.92 Å². The van der Waals surface area contributed by atoms with Gasteiger partial charge in [-0.2, -0.15) is 0 Å². The molecule has 2 N–H and O–H groups in total. The van der Waals surface area contributed by atoms with Crippen molar-refractivity contribution in [1.82, 2.24) is 0 Å². The van der Waals surface area contributed by atoms with Gasteiger partial charge in [-0.05, 0) is 25.3 Å². The number of hydrogen-bond acceptors (Lipinski definition) is 3. The number of rotatable bonds is 4. The Balaban J connectivity index is 2.50. The van der Waals surface area contributed by atoms with Crippen LogP contribution >= 0.6 is 0 Å². The average molecular weight is 278 g/mol. The molecule has 110 valence electrons. The van der Waals surface area contributed by atoms with E-state index in [9.17, 15) is 15.0 Å². The van der Waals surface area contributed by atoms with Crippen LogP contribution in [0, 0.1) is 5.92 Å². The maximum atomic E-state index is 12.0. The highest BCUT2D eigenvalue weighted by atomic mass is 16.5. The lowest BCUT2D eigenvalue weighted by Gasteiger charge is -2.41. The summed E-state index contributed by atoms with van der Waals surface area (Å²) in [6.45, 7) is 5.87. The fourth-order valence-corrected chi connectivity index (χ4v) is 2.75. The van der Waals surface area contributed by atoms with Crippen LogP contribution < -0.4 is 4.74 Å². The molecule has 0 aromatic heterocycles. The Labute approximate surface area is 119 Å². The van der Waals surface area contributed by atoms with Crippen LogP contribution in [-0.4, -0.2) is 28.4 Å². The van der Waals surface area contributed by atoms with Gasteiger partial charge in [0.1, 0.15) is 11.2 Å². The number of fused-ring (bicyclic) bond motifs is 1. The highest BCUT2D eigenvalue weighted by Gasteiger charge is 2.49. The minimum absolute atomic E-state index is 0.0197. The van der Waals surface area contributed by atoms with Gasteiger partial charge in [-0.15, -0.1) is 0 Å². The number of carboxylic acids is 1. The van der Waals surface area contributed by atoms with Crippen LogP contribution in [0.2, 0.25) is 0 Å². The molecular weight excluding hydrogens is 256 g/mol. The molecule has 2 rings (SSSR count). The van der Waals surface area contributed by atoms with Crippen LogP contribution in [0.5, 0.6) is 5.75 Å². The standard InChI is InChI=1S/C16H22O4/c1-11(2)15(3,19)10-16(14(17)18)8-9-20-13-7-5-4-6-12(13)16/h4-7,11,19H,8-10H2,1-3H3,(H,17,18). The van der Waals surface area contributed by atoms with Crippen molar-refractivity contribution in [2.45, 2.75) is 44.6 Å². The number of ether oxygens (including phenoxy) is 1. The lowest BCUT2D eigenvalue weighted by Crippen LogP contribution is -2.48. The van der Waals surface area contributed by atoms with E-state index in [1.807, 2.05) is 26.0 Å². The zero-order chi connectivity index (χ0) is 15.0. The summed E-state index contributed by atoms with van der Waals surface area (Å²) in [7, 11) is 0. The van der Waals surface area contributed by atoms with Crippen molar-refractivity contribution in [3.05, 3.63) is 29.8 Å². The molecule has 2 unspecified atom stereocenters. The first kappa shape index (κ1) is 14.9. The Kier molecular flexibility index (Phi) is 3.78. The Morgan fingerprint density at radius 1 is 1.45 bits per heavy atom. The van der Waals surface area contributed by atoms with E-state index in [0.717, 1.165) is 0 Å². The molecule has 20 heavy (non-hydrogen) atoms. The highest BCUT2D eigenvalue weighted by Crippen LogP contribution is 2.45. The van der Waals surface area contributed by atoms with Crippen LogP contribution in [0.25, 0.3) is 0 Å². The minimum atomic E-state index is -1.08. The molecule has 0 spiro atoms. The fourth-order valence-electron chi connectivity index (χ4n) is 2.75. The molecule has 1 heterocycles. The van der Waals surface area contributed by atoms with Crippen LogP contribution in [0.3, 0.4) is 0 Å². The smallest absolute Gasteiger partial charge is 0.314 e. The fraction of sp³-hybridized carbons (Fsp3) is 0.562. The molecular formula is C16H22O4. The van der Waals surface area contributed by atoms with Crippen molar-refractivity contribution >= 4 is 5.97 Å². The Hall–Kier alpha value is -1.55. The second kappa shape index (κ2) is 5.09. The molecule has 1 aliphatic rings. The third-order valence-corrected chi connectivity index (χ3v) is 4.50. The molecule has 1 aromatic carbocycles. The summed E-state index contributed by atoms with van der Waals surface area (Å²) < 4.78 is 5.56. The molecule has 0 saturated heterocycles. The largest absolute Gasteiger partial charge is 0.493 e. The molecule has 1 aromatic rings. The molecule has 0 amide bonds. The number of para-hydroxylation sites is 1. The number of aliphatic hydroxyl groups is 1. The molecule has 1 aliphatic heterocycles. The molecule has 0 bridgehead atoms. The predicted octanol–water partition coefficient (Wildman–Crippen LogP) is 2.59. The molecule has 0 saturated carbocycles. The van der Waals surface area contributed by atoms with Crippen LogP contribution in [0.15, 0.2) is 24.3 Å². The Morgan fingerprint density at radius 3 is 2.70 bits per heavy atom. The molecule has 4 nitrogen and oxygen atoms in total. The van der Waals surface area contributed by atoms with E-state index in [0.29, 0.717) is 24.3 Å². The van der Waals surface area contributed by atoms with Crippen molar-refractivity contribution < 1.29 is 19.7 Å². The third-order valence-electron chi connectivity index (χ3n) is 4.50. The maximum absolute atomic E-state index is 12.0. The second-order valence-corrected chi connectivity index (χ2v) is 6.17. The van der Waals surface area contributed by atoms with Gasteiger partial charge in [0.25, 0.3) is 0 Å². The first-order valence-electron chi connectivity index (χ1n) is 6.98. The van der Waals surface area contributed by atoms with Gasteiger partial charge in [0, 0.05) is 12.0 Å². The van der Waals surface area contributed by atoms with Crippen molar-refractivity contribution in [1.29, 1.82) is 0 Å². The first-order chi connectivity index (χ1) is 9.29. The van der Waals surface area contributed by atoms with Gasteiger partial charge in [-0.1, -0.05) is 32.0 Å². The lowest BCUT2D eigenvalue weighted by atomic mass is 9.67. The topological polar surface area (TPSA) is 66.8 Å².